The second-order valence-corrected chi connectivity index (χ2v) is 6.15. The van der Waals surface area contributed by atoms with E-state index >= 15 is 0 Å². The SMILES string of the molecule is CN(CCc1ccncc1)c1ccnc(NCCN2CCOCC2)n1. The van der Waals surface area contributed by atoms with Gasteiger partial charge in [-0.2, -0.15) is 4.98 Å². The second-order valence-electron chi connectivity index (χ2n) is 6.15. The van der Waals surface area contributed by atoms with Crippen LogP contribution in [0.1, 0.15) is 5.56 Å². The highest BCUT2D eigenvalue weighted by Crippen LogP contribution is 2.11. The van der Waals surface area contributed by atoms with Gasteiger partial charge >= 0.3 is 0 Å². The molecule has 1 saturated heterocycles. The maximum Gasteiger partial charge on any atom is 0.224 e. The Kier molecular flexibility index (Phi) is 6.53. The van der Waals surface area contributed by atoms with Crippen LogP contribution in [0.5, 0.6) is 0 Å². The van der Waals surface area contributed by atoms with Gasteiger partial charge in [-0.05, 0) is 30.2 Å². The molecule has 0 atom stereocenters. The lowest BCUT2D eigenvalue weighted by Gasteiger charge is -2.26. The van der Waals surface area contributed by atoms with Crippen molar-refractivity contribution in [1.82, 2.24) is 19.9 Å². The van der Waals surface area contributed by atoms with Crippen molar-refractivity contribution in [3.05, 3.63) is 42.4 Å². The predicted molar refractivity (Wildman–Crippen MR) is 99.0 cm³/mol. The van der Waals surface area contributed by atoms with Gasteiger partial charge in [-0.1, -0.05) is 0 Å². The molecule has 0 bridgehead atoms. The zero-order chi connectivity index (χ0) is 17.3. The Bertz CT molecular complexity index is 632. The average Bonchev–Trinajstić information content (AvgIpc) is 2.68. The molecule has 7 nitrogen and oxygen atoms in total. The molecular formula is C18H26N6O. The number of hydrogen-bond acceptors (Lipinski definition) is 7. The molecule has 0 aromatic carbocycles. The summed E-state index contributed by atoms with van der Waals surface area (Å²) in [5.41, 5.74) is 1.28. The van der Waals surface area contributed by atoms with Crippen LogP contribution in [0.2, 0.25) is 0 Å². The molecule has 0 spiro atoms. The smallest absolute Gasteiger partial charge is 0.224 e. The molecule has 0 radical (unpaired) electrons. The van der Waals surface area contributed by atoms with Crippen LogP contribution in [0.25, 0.3) is 0 Å². The molecule has 0 amide bonds. The van der Waals surface area contributed by atoms with Crippen LogP contribution in [0, 0.1) is 0 Å². The van der Waals surface area contributed by atoms with Crippen LogP contribution in [0.4, 0.5) is 11.8 Å². The Morgan fingerprint density at radius 2 is 1.96 bits per heavy atom. The summed E-state index contributed by atoms with van der Waals surface area (Å²) in [4.78, 5) is 17.5. The van der Waals surface area contributed by atoms with Gasteiger partial charge in [0.1, 0.15) is 5.82 Å². The summed E-state index contributed by atoms with van der Waals surface area (Å²) in [5, 5.41) is 3.32. The lowest BCUT2D eigenvalue weighted by molar-refractivity contribution is 0.0398. The maximum atomic E-state index is 5.37. The Morgan fingerprint density at radius 1 is 1.16 bits per heavy atom. The number of anilines is 2. The standard InChI is InChI=1S/C18H26N6O/c1-23(10-5-16-2-6-19-7-3-16)17-4-8-20-18(22-17)21-9-11-24-12-14-25-15-13-24/h2-4,6-8H,5,9-15H2,1H3,(H,20,21,22). The van der Waals surface area contributed by atoms with Gasteiger partial charge in [0, 0.05) is 58.4 Å². The third-order valence-corrected chi connectivity index (χ3v) is 4.33. The average molecular weight is 342 g/mol. The Labute approximate surface area is 149 Å². The summed E-state index contributed by atoms with van der Waals surface area (Å²) in [6.07, 6.45) is 6.43. The molecule has 2 aromatic rings. The first kappa shape index (κ1) is 17.6. The number of ether oxygens (including phenoxy) is 1. The zero-order valence-electron chi connectivity index (χ0n) is 14.8. The summed E-state index contributed by atoms with van der Waals surface area (Å²) in [6, 6.07) is 6.04. The molecule has 1 fully saturated rings. The summed E-state index contributed by atoms with van der Waals surface area (Å²) in [5.74, 6) is 1.61. The predicted octanol–water partition coefficient (Wildman–Crippen LogP) is 1.29. The van der Waals surface area contributed by atoms with E-state index in [9.17, 15) is 0 Å². The first-order valence-corrected chi connectivity index (χ1v) is 8.78. The zero-order valence-corrected chi connectivity index (χ0v) is 14.8. The number of likely N-dealkylation sites (N-methyl/N-ethyl adjacent to an activating group) is 1. The quantitative estimate of drug-likeness (QED) is 0.775. The summed E-state index contributed by atoms with van der Waals surface area (Å²) >= 11 is 0. The van der Waals surface area contributed by atoms with E-state index in [4.69, 9.17) is 4.74 Å². The molecule has 25 heavy (non-hydrogen) atoms. The summed E-state index contributed by atoms with van der Waals surface area (Å²) in [7, 11) is 2.06. The summed E-state index contributed by atoms with van der Waals surface area (Å²) < 4.78 is 5.37. The molecule has 0 saturated carbocycles. The van der Waals surface area contributed by atoms with Crippen LogP contribution >= 0.6 is 0 Å². The van der Waals surface area contributed by atoms with Gasteiger partial charge in [-0.25, -0.2) is 4.98 Å². The number of pyridine rings is 1. The molecule has 7 heteroatoms. The van der Waals surface area contributed by atoms with Crippen LogP contribution in [0.15, 0.2) is 36.8 Å². The molecule has 2 aromatic heterocycles. The molecule has 1 aliphatic heterocycles. The van der Waals surface area contributed by atoms with Gasteiger partial charge in [-0.3, -0.25) is 9.88 Å². The van der Waals surface area contributed by atoms with E-state index in [2.05, 4.69) is 37.1 Å². The monoisotopic (exact) mass is 342 g/mol. The number of nitrogens with one attached hydrogen (secondary N) is 1. The minimum atomic E-state index is 0.682. The highest BCUT2D eigenvalue weighted by atomic mass is 16.5. The molecule has 0 aliphatic carbocycles. The number of morpholine rings is 1. The van der Waals surface area contributed by atoms with Crippen molar-refractivity contribution in [1.29, 1.82) is 0 Å². The van der Waals surface area contributed by atoms with Gasteiger partial charge in [0.15, 0.2) is 0 Å². The van der Waals surface area contributed by atoms with Crippen LogP contribution < -0.4 is 10.2 Å². The minimum Gasteiger partial charge on any atom is -0.379 e. The first-order valence-electron chi connectivity index (χ1n) is 8.78. The van der Waals surface area contributed by atoms with Crippen molar-refractivity contribution in [3.8, 4) is 0 Å². The fourth-order valence-electron chi connectivity index (χ4n) is 2.76. The van der Waals surface area contributed by atoms with Crippen molar-refractivity contribution in [2.75, 3.05) is 63.2 Å². The van der Waals surface area contributed by atoms with Crippen molar-refractivity contribution in [2.24, 2.45) is 0 Å². The third-order valence-electron chi connectivity index (χ3n) is 4.33. The number of rotatable bonds is 8. The lowest BCUT2D eigenvalue weighted by atomic mass is 10.2. The third kappa shape index (κ3) is 5.65. The number of aromatic nitrogens is 3. The van der Waals surface area contributed by atoms with Crippen LogP contribution in [-0.4, -0.2) is 72.8 Å². The highest BCUT2D eigenvalue weighted by molar-refractivity contribution is 5.41. The minimum absolute atomic E-state index is 0.682. The molecule has 1 N–H and O–H groups in total. The van der Waals surface area contributed by atoms with Gasteiger partial charge in [-0.15, -0.1) is 0 Å². The lowest BCUT2D eigenvalue weighted by Crippen LogP contribution is -2.39. The van der Waals surface area contributed by atoms with E-state index in [-0.39, 0.29) is 0 Å². The van der Waals surface area contributed by atoms with E-state index < -0.39 is 0 Å². The Hall–Kier alpha value is -2.25. The molecule has 134 valence electrons. The topological polar surface area (TPSA) is 66.4 Å². The first-order chi connectivity index (χ1) is 12.3. The maximum absolute atomic E-state index is 5.37. The number of nitrogens with zero attached hydrogens (tertiary/aromatic N) is 5. The van der Waals surface area contributed by atoms with Crippen molar-refractivity contribution in [2.45, 2.75) is 6.42 Å². The van der Waals surface area contributed by atoms with E-state index in [0.29, 0.717) is 5.95 Å². The van der Waals surface area contributed by atoms with E-state index in [1.54, 1.807) is 0 Å². The fourth-order valence-corrected chi connectivity index (χ4v) is 2.76. The molecule has 3 rings (SSSR count). The molecule has 3 heterocycles. The van der Waals surface area contributed by atoms with Crippen molar-refractivity contribution in [3.63, 3.8) is 0 Å². The fraction of sp³-hybridized carbons (Fsp3) is 0.500. The van der Waals surface area contributed by atoms with E-state index in [1.165, 1.54) is 5.56 Å². The largest absolute Gasteiger partial charge is 0.379 e. The van der Waals surface area contributed by atoms with E-state index in [1.807, 2.05) is 36.8 Å². The number of hydrogen-bond donors (Lipinski definition) is 1. The highest BCUT2D eigenvalue weighted by Gasteiger charge is 2.10. The Balaban J connectivity index is 1.46. The van der Waals surface area contributed by atoms with Crippen LogP contribution in [0.3, 0.4) is 0 Å². The van der Waals surface area contributed by atoms with Gasteiger partial charge < -0.3 is 15.0 Å². The van der Waals surface area contributed by atoms with Crippen molar-refractivity contribution < 1.29 is 4.74 Å². The van der Waals surface area contributed by atoms with Gasteiger partial charge in [0.2, 0.25) is 5.95 Å². The van der Waals surface area contributed by atoms with Crippen LogP contribution in [-0.2, 0) is 11.2 Å². The molecular weight excluding hydrogens is 316 g/mol. The second kappa shape index (κ2) is 9.29. The van der Waals surface area contributed by atoms with Gasteiger partial charge in [0.25, 0.3) is 0 Å². The normalized spacial score (nSPS) is 15.1. The Morgan fingerprint density at radius 3 is 2.76 bits per heavy atom. The van der Waals surface area contributed by atoms with E-state index in [0.717, 1.165) is 58.2 Å². The summed E-state index contributed by atoms with van der Waals surface area (Å²) in [6.45, 7) is 6.37. The molecule has 0 unspecified atom stereocenters. The molecule has 1 aliphatic rings. The van der Waals surface area contributed by atoms with Gasteiger partial charge in [0.05, 0.1) is 13.2 Å². The van der Waals surface area contributed by atoms with Crippen molar-refractivity contribution >= 4 is 11.8 Å².